The van der Waals surface area contributed by atoms with Gasteiger partial charge >= 0.3 is 39.5 Å². The summed E-state index contributed by atoms with van der Waals surface area (Å²) in [6.45, 7) is 7.27. The van der Waals surface area contributed by atoms with E-state index in [2.05, 4.69) is 34.6 Å². The molecule has 3 N–H and O–H groups in total. The SMILES string of the molecule is CCCCCCCCCCCCCCCCCC(=O)OC[C@H](COP(=O)(O)OC[C@@H](O)COP(=O)(O)OC[C@@H](COC(=O)CCCCCCCCCCCCCC)OC(=O)CCCCCCCCCCCC(C)C)OC(=O)CCCCCCCCCCCCCCCCC. The predicted molar refractivity (Wildman–Crippen MR) is 382 cm³/mol. The first-order valence-electron chi connectivity index (χ1n) is 39.1. The maximum Gasteiger partial charge on any atom is 0.472 e. The lowest BCUT2D eigenvalue weighted by Crippen LogP contribution is -2.30. The molecule has 0 saturated heterocycles. The molecule has 0 aliphatic carbocycles. The lowest BCUT2D eigenvalue weighted by atomic mass is 10.0. The topological polar surface area (TPSA) is 237 Å². The van der Waals surface area contributed by atoms with Crippen molar-refractivity contribution in [3.63, 3.8) is 0 Å². The summed E-state index contributed by atoms with van der Waals surface area (Å²) in [4.78, 5) is 72.8. The smallest absolute Gasteiger partial charge is 0.462 e. The number of aliphatic hydroxyl groups excluding tert-OH is 1. The summed E-state index contributed by atoms with van der Waals surface area (Å²) in [7, 11) is -9.91. The van der Waals surface area contributed by atoms with Gasteiger partial charge in [-0.1, -0.05) is 343 Å². The van der Waals surface area contributed by atoms with E-state index in [-0.39, 0.29) is 25.7 Å². The van der Waals surface area contributed by atoms with Crippen molar-refractivity contribution in [1.29, 1.82) is 0 Å². The van der Waals surface area contributed by atoms with Crippen LogP contribution in [-0.4, -0.2) is 96.7 Å². The zero-order valence-electron chi connectivity index (χ0n) is 61.1. The van der Waals surface area contributed by atoms with Gasteiger partial charge in [0, 0.05) is 25.7 Å². The van der Waals surface area contributed by atoms with E-state index in [0.717, 1.165) is 95.8 Å². The lowest BCUT2D eigenvalue weighted by molar-refractivity contribution is -0.161. The van der Waals surface area contributed by atoms with Crippen molar-refractivity contribution in [2.45, 2.75) is 412 Å². The Morgan fingerprint density at radius 3 is 0.723 bits per heavy atom. The number of esters is 4. The first-order chi connectivity index (χ1) is 45.5. The van der Waals surface area contributed by atoms with E-state index >= 15 is 0 Å². The fourth-order valence-electron chi connectivity index (χ4n) is 11.5. The van der Waals surface area contributed by atoms with Gasteiger partial charge in [0.25, 0.3) is 0 Å². The van der Waals surface area contributed by atoms with Crippen molar-refractivity contribution in [2.24, 2.45) is 5.92 Å². The van der Waals surface area contributed by atoms with Gasteiger partial charge in [-0.2, -0.15) is 0 Å². The number of phosphoric acid groups is 2. The van der Waals surface area contributed by atoms with Gasteiger partial charge in [0.05, 0.1) is 26.4 Å². The first kappa shape index (κ1) is 92.1. The Balaban J connectivity index is 5.25. The Kier molecular flexibility index (Phi) is 66.8. The van der Waals surface area contributed by atoms with Gasteiger partial charge in [-0.15, -0.1) is 0 Å². The zero-order valence-corrected chi connectivity index (χ0v) is 62.9. The maximum atomic E-state index is 13.1. The van der Waals surface area contributed by atoms with Crippen molar-refractivity contribution in [3.05, 3.63) is 0 Å². The van der Waals surface area contributed by atoms with E-state index < -0.39 is 97.5 Å². The Labute approximate surface area is 575 Å². The molecule has 0 aromatic rings. The molecule has 17 nitrogen and oxygen atoms in total. The summed E-state index contributed by atoms with van der Waals surface area (Å²) >= 11 is 0. The number of rotatable bonds is 75. The molecule has 0 rings (SSSR count). The van der Waals surface area contributed by atoms with Gasteiger partial charge in [0.1, 0.15) is 19.3 Å². The second kappa shape index (κ2) is 68.2. The third kappa shape index (κ3) is 68.6. The monoisotopic (exact) mass is 1380 g/mol. The van der Waals surface area contributed by atoms with Gasteiger partial charge < -0.3 is 33.8 Å². The summed E-state index contributed by atoms with van der Waals surface area (Å²) in [5.74, 6) is -1.38. The van der Waals surface area contributed by atoms with Crippen LogP contribution in [0.5, 0.6) is 0 Å². The second-order valence-electron chi connectivity index (χ2n) is 27.5. The van der Waals surface area contributed by atoms with Crippen LogP contribution in [-0.2, 0) is 65.4 Å². The van der Waals surface area contributed by atoms with Crippen LogP contribution in [0.15, 0.2) is 0 Å². The molecule has 0 amide bonds. The average molecular weight is 1380 g/mol. The molecule has 0 radical (unpaired) electrons. The maximum absolute atomic E-state index is 13.1. The Hall–Kier alpha value is -1.94. The van der Waals surface area contributed by atoms with E-state index in [1.165, 1.54) is 218 Å². The number of unbranched alkanes of at least 4 members (excludes halogenated alkanes) is 47. The highest BCUT2D eigenvalue weighted by Crippen LogP contribution is 2.45. The highest BCUT2D eigenvalue weighted by atomic mass is 31.2. The third-order valence-electron chi connectivity index (χ3n) is 17.5. The fourth-order valence-corrected chi connectivity index (χ4v) is 13.1. The quantitative estimate of drug-likeness (QED) is 0.0222. The highest BCUT2D eigenvalue weighted by Gasteiger charge is 2.30. The average Bonchev–Trinajstić information content (AvgIpc) is 2.51. The van der Waals surface area contributed by atoms with Gasteiger partial charge in [0.15, 0.2) is 12.2 Å². The molecule has 0 fully saturated rings. The van der Waals surface area contributed by atoms with Crippen LogP contribution in [0.1, 0.15) is 394 Å². The number of aliphatic hydroxyl groups is 1. The van der Waals surface area contributed by atoms with Crippen molar-refractivity contribution in [2.75, 3.05) is 39.6 Å². The van der Waals surface area contributed by atoms with Crippen LogP contribution >= 0.6 is 15.6 Å². The molecule has 0 aromatic heterocycles. The molecular formula is C75H146O17P2. The van der Waals surface area contributed by atoms with E-state index in [1.54, 1.807) is 0 Å². The van der Waals surface area contributed by atoms with Crippen molar-refractivity contribution in [3.8, 4) is 0 Å². The number of hydrogen-bond donors (Lipinski definition) is 3. The van der Waals surface area contributed by atoms with Crippen LogP contribution < -0.4 is 0 Å². The summed E-state index contributed by atoms with van der Waals surface area (Å²) in [5.41, 5.74) is 0. The molecule has 0 bridgehead atoms. The largest absolute Gasteiger partial charge is 0.472 e. The van der Waals surface area contributed by atoms with Gasteiger partial charge in [-0.05, 0) is 31.6 Å². The summed E-state index contributed by atoms with van der Waals surface area (Å²) in [6, 6.07) is 0. The number of ether oxygens (including phenoxy) is 4. The van der Waals surface area contributed by atoms with Crippen LogP contribution in [0, 0.1) is 5.92 Å². The van der Waals surface area contributed by atoms with Crippen molar-refractivity contribution in [1.82, 2.24) is 0 Å². The van der Waals surface area contributed by atoms with E-state index in [4.69, 9.17) is 37.0 Å². The minimum Gasteiger partial charge on any atom is -0.462 e. The van der Waals surface area contributed by atoms with Gasteiger partial charge in [-0.25, -0.2) is 9.13 Å². The first-order valence-corrected chi connectivity index (χ1v) is 42.1. The second-order valence-corrected chi connectivity index (χ2v) is 30.4. The van der Waals surface area contributed by atoms with Crippen LogP contribution in [0.25, 0.3) is 0 Å². The number of hydrogen-bond acceptors (Lipinski definition) is 15. The fraction of sp³-hybridized carbons (Fsp3) is 0.947. The Morgan fingerprint density at radius 1 is 0.287 bits per heavy atom. The van der Waals surface area contributed by atoms with E-state index in [0.29, 0.717) is 25.7 Å². The summed E-state index contributed by atoms with van der Waals surface area (Å²) in [5, 5.41) is 10.6. The predicted octanol–water partition coefficient (Wildman–Crippen LogP) is 22.1. The normalized spacial score (nSPS) is 14.0. The van der Waals surface area contributed by atoms with Crippen LogP contribution in [0.4, 0.5) is 0 Å². The van der Waals surface area contributed by atoms with Gasteiger partial charge in [-0.3, -0.25) is 37.3 Å². The number of carbonyl (C=O) groups is 4. The lowest BCUT2D eigenvalue weighted by Gasteiger charge is -2.21. The Bertz CT molecular complexity index is 1810. The summed E-state index contributed by atoms with van der Waals surface area (Å²) < 4.78 is 68.5. The van der Waals surface area contributed by atoms with Crippen molar-refractivity contribution < 1.29 is 80.2 Å². The molecule has 0 heterocycles. The van der Waals surface area contributed by atoms with Crippen molar-refractivity contribution >= 4 is 39.5 Å². The Morgan fingerprint density at radius 2 is 0.489 bits per heavy atom. The van der Waals surface area contributed by atoms with Gasteiger partial charge in [0.2, 0.25) is 0 Å². The molecule has 2 unspecified atom stereocenters. The standard InChI is InChI=1S/C75H146O17P2/c1-6-9-12-15-18-21-24-27-29-31-34-39-44-49-54-59-73(78)86-64-70(91-74(79)60-55-50-45-40-35-32-30-28-25-22-19-16-13-10-7-2)66-89-93(81,82)87-62-69(76)63-88-94(83,84)90-67-71(92-75(80)61-56-51-46-41-36-37-42-47-52-57-68(4)5)65-85-72(77)58-53-48-43-38-33-26-23-20-17-14-11-8-3/h68-71,76H,6-67H2,1-5H3,(H,81,82)(H,83,84)/t69-,70-,71-/m1/s1. The molecule has 0 aliphatic rings. The zero-order chi connectivity index (χ0) is 69.1. The summed E-state index contributed by atoms with van der Waals surface area (Å²) in [6.07, 6.45) is 56.7. The van der Waals surface area contributed by atoms with E-state index in [1.807, 2.05) is 0 Å². The minimum atomic E-state index is -4.96. The van der Waals surface area contributed by atoms with Crippen LogP contribution in [0.3, 0.4) is 0 Å². The third-order valence-corrected chi connectivity index (χ3v) is 19.4. The molecular weight excluding hydrogens is 1230 g/mol. The number of carbonyl (C=O) groups excluding carboxylic acids is 4. The molecule has 94 heavy (non-hydrogen) atoms. The molecule has 0 aromatic carbocycles. The molecule has 19 heteroatoms. The molecule has 558 valence electrons. The molecule has 0 saturated carbocycles. The molecule has 0 spiro atoms. The number of phosphoric ester groups is 2. The molecule has 0 aliphatic heterocycles. The van der Waals surface area contributed by atoms with E-state index in [9.17, 15) is 43.2 Å². The molecule has 5 atom stereocenters. The minimum absolute atomic E-state index is 0.106. The highest BCUT2D eigenvalue weighted by molar-refractivity contribution is 7.47. The van der Waals surface area contributed by atoms with Crippen LogP contribution in [0.2, 0.25) is 0 Å².